The lowest BCUT2D eigenvalue weighted by molar-refractivity contribution is 0.102. The minimum absolute atomic E-state index is 0.134. The van der Waals surface area contributed by atoms with E-state index in [4.69, 9.17) is 9.97 Å². The van der Waals surface area contributed by atoms with Crippen LogP contribution >= 0.6 is 0 Å². The Bertz CT molecular complexity index is 1520. The fourth-order valence-corrected chi connectivity index (χ4v) is 4.21. The number of nitrogens with one attached hydrogen (secondary N) is 2. The Morgan fingerprint density at radius 3 is 2.17 bits per heavy atom. The van der Waals surface area contributed by atoms with Crippen molar-refractivity contribution in [3.8, 4) is 11.3 Å². The van der Waals surface area contributed by atoms with Gasteiger partial charge in [0.1, 0.15) is 0 Å². The van der Waals surface area contributed by atoms with E-state index in [1.807, 2.05) is 112 Å². The van der Waals surface area contributed by atoms with E-state index in [0.29, 0.717) is 11.5 Å². The van der Waals surface area contributed by atoms with Gasteiger partial charge in [0.25, 0.3) is 5.91 Å². The highest BCUT2D eigenvalue weighted by Crippen LogP contribution is 2.29. The van der Waals surface area contributed by atoms with Crippen LogP contribution in [0.5, 0.6) is 0 Å². The molecular weight excluding hydrogens is 432 g/mol. The molecule has 1 aromatic heterocycles. The standard InChI is InChI=1S/C30H26N4O/c1-19-10-9-11-20(2)27(19)33-29(35)23-16-17-25(21(3)18-23)31-30-32-26-15-8-7-14-24(26)28(34-30)22-12-5-4-6-13-22/h4-18H,1-3H3,(H,33,35)(H,31,32,34). The number of amides is 1. The summed E-state index contributed by atoms with van der Waals surface area (Å²) in [4.78, 5) is 22.5. The van der Waals surface area contributed by atoms with Gasteiger partial charge in [-0.3, -0.25) is 4.79 Å². The normalized spacial score (nSPS) is 10.8. The van der Waals surface area contributed by atoms with Gasteiger partial charge >= 0.3 is 0 Å². The molecule has 0 bridgehead atoms. The minimum atomic E-state index is -0.134. The van der Waals surface area contributed by atoms with Crippen LogP contribution in [0.2, 0.25) is 0 Å². The van der Waals surface area contributed by atoms with E-state index >= 15 is 0 Å². The smallest absolute Gasteiger partial charge is 0.255 e. The number of aromatic nitrogens is 2. The van der Waals surface area contributed by atoms with Crippen molar-refractivity contribution in [2.24, 2.45) is 0 Å². The first-order valence-electron chi connectivity index (χ1n) is 11.6. The molecule has 5 heteroatoms. The molecule has 1 amide bonds. The molecule has 0 fully saturated rings. The number of benzene rings is 4. The number of fused-ring (bicyclic) bond motifs is 1. The second kappa shape index (κ2) is 9.39. The Morgan fingerprint density at radius 1 is 0.714 bits per heavy atom. The van der Waals surface area contributed by atoms with Gasteiger partial charge in [-0.25, -0.2) is 9.97 Å². The largest absolute Gasteiger partial charge is 0.324 e. The van der Waals surface area contributed by atoms with Gasteiger partial charge in [-0.1, -0.05) is 66.7 Å². The molecule has 172 valence electrons. The topological polar surface area (TPSA) is 66.9 Å². The van der Waals surface area contributed by atoms with Crippen molar-refractivity contribution in [3.05, 3.63) is 113 Å². The second-order valence-electron chi connectivity index (χ2n) is 8.65. The van der Waals surface area contributed by atoms with Gasteiger partial charge in [-0.15, -0.1) is 0 Å². The fourth-order valence-electron chi connectivity index (χ4n) is 4.21. The first-order valence-corrected chi connectivity index (χ1v) is 11.6. The average molecular weight is 459 g/mol. The summed E-state index contributed by atoms with van der Waals surface area (Å²) in [5.41, 5.74) is 8.08. The lowest BCUT2D eigenvalue weighted by Gasteiger charge is -2.14. The van der Waals surface area contributed by atoms with Crippen LogP contribution in [-0.2, 0) is 0 Å². The number of hydrogen-bond acceptors (Lipinski definition) is 4. The number of carbonyl (C=O) groups is 1. The van der Waals surface area contributed by atoms with E-state index in [1.165, 1.54) is 0 Å². The molecule has 0 aliphatic carbocycles. The summed E-state index contributed by atoms with van der Waals surface area (Å²) >= 11 is 0. The summed E-state index contributed by atoms with van der Waals surface area (Å²) in [6.07, 6.45) is 0. The summed E-state index contributed by atoms with van der Waals surface area (Å²) < 4.78 is 0. The van der Waals surface area contributed by atoms with Gasteiger partial charge in [0.15, 0.2) is 0 Å². The number of anilines is 3. The van der Waals surface area contributed by atoms with E-state index < -0.39 is 0 Å². The van der Waals surface area contributed by atoms with Gasteiger partial charge in [0, 0.05) is 27.9 Å². The predicted molar refractivity (Wildman–Crippen MR) is 143 cm³/mol. The molecule has 0 aliphatic heterocycles. The maximum Gasteiger partial charge on any atom is 0.255 e. The Balaban J connectivity index is 1.44. The van der Waals surface area contributed by atoms with Crippen molar-refractivity contribution in [2.75, 3.05) is 10.6 Å². The van der Waals surface area contributed by atoms with E-state index in [0.717, 1.165) is 50.2 Å². The Hall–Kier alpha value is -4.51. The quantitative estimate of drug-likeness (QED) is 0.292. The van der Waals surface area contributed by atoms with Crippen LogP contribution < -0.4 is 10.6 Å². The third-order valence-corrected chi connectivity index (χ3v) is 6.11. The third kappa shape index (κ3) is 4.62. The predicted octanol–water partition coefficient (Wildman–Crippen LogP) is 7.22. The molecule has 1 heterocycles. The number of nitrogens with zero attached hydrogens (tertiary/aromatic N) is 2. The van der Waals surface area contributed by atoms with Crippen LogP contribution in [0.4, 0.5) is 17.3 Å². The summed E-state index contributed by atoms with van der Waals surface area (Å²) in [5.74, 6) is 0.378. The van der Waals surface area contributed by atoms with Crippen molar-refractivity contribution < 1.29 is 4.79 Å². The molecule has 0 atom stereocenters. The van der Waals surface area contributed by atoms with Crippen LogP contribution in [0.25, 0.3) is 22.2 Å². The molecule has 4 aromatic carbocycles. The fraction of sp³-hybridized carbons (Fsp3) is 0.100. The molecule has 0 radical (unpaired) electrons. The Morgan fingerprint density at radius 2 is 1.43 bits per heavy atom. The van der Waals surface area contributed by atoms with E-state index in [2.05, 4.69) is 10.6 Å². The van der Waals surface area contributed by atoms with Gasteiger partial charge in [-0.05, 0) is 61.7 Å². The zero-order valence-corrected chi connectivity index (χ0v) is 20.0. The van der Waals surface area contributed by atoms with E-state index in [1.54, 1.807) is 0 Å². The highest BCUT2D eigenvalue weighted by atomic mass is 16.1. The molecule has 0 aliphatic rings. The molecule has 35 heavy (non-hydrogen) atoms. The number of carbonyl (C=O) groups excluding carboxylic acids is 1. The highest BCUT2D eigenvalue weighted by Gasteiger charge is 2.13. The second-order valence-corrected chi connectivity index (χ2v) is 8.65. The number of para-hydroxylation sites is 2. The maximum atomic E-state index is 12.9. The zero-order chi connectivity index (χ0) is 24.4. The van der Waals surface area contributed by atoms with E-state index in [9.17, 15) is 4.79 Å². The summed E-state index contributed by atoms with van der Waals surface area (Å²) in [5, 5.41) is 7.41. The van der Waals surface area contributed by atoms with Gasteiger partial charge in [0.2, 0.25) is 5.95 Å². The van der Waals surface area contributed by atoms with Gasteiger partial charge in [0.05, 0.1) is 11.2 Å². The van der Waals surface area contributed by atoms with Crippen molar-refractivity contribution in [1.82, 2.24) is 9.97 Å². The lowest BCUT2D eigenvalue weighted by Crippen LogP contribution is -2.14. The maximum absolute atomic E-state index is 12.9. The minimum Gasteiger partial charge on any atom is -0.324 e. The third-order valence-electron chi connectivity index (χ3n) is 6.11. The number of aryl methyl sites for hydroxylation is 3. The van der Waals surface area contributed by atoms with Gasteiger partial charge < -0.3 is 10.6 Å². The number of rotatable bonds is 5. The Labute approximate surface area is 204 Å². The van der Waals surface area contributed by atoms with Crippen LogP contribution in [0.15, 0.2) is 91.0 Å². The molecule has 0 spiro atoms. The lowest BCUT2D eigenvalue weighted by atomic mass is 10.1. The van der Waals surface area contributed by atoms with Crippen molar-refractivity contribution in [3.63, 3.8) is 0 Å². The van der Waals surface area contributed by atoms with Crippen LogP contribution in [-0.4, -0.2) is 15.9 Å². The van der Waals surface area contributed by atoms with Gasteiger partial charge in [-0.2, -0.15) is 0 Å². The molecule has 0 saturated carbocycles. The average Bonchev–Trinajstić information content (AvgIpc) is 2.87. The Kier molecular flexibility index (Phi) is 5.98. The van der Waals surface area contributed by atoms with Crippen molar-refractivity contribution in [2.45, 2.75) is 20.8 Å². The molecular formula is C30H26N4O. The van der Waals surface area contributed by atoms with Crippen molar-refractivity contribution in [1.29, 1.82) is 0 Å². The SMILES string of the molecule is Cc1cc(C(=O)Nc2c(C)cccc2C)ccc1Nc1nc(-c2ccccc2)c2ccccc2n1. The first kappa shape index (κ1) is 22.3. The van der Waals surface area contributed by atoms with Crippen LogP contribution in [0, 0.1) is 20.8 Å². The molecule has 0 unspecified atom stereocenters. The summed E-state index contributed by atoms with van der Waals surface area (Å²) in [6.45, 7) is 5.96. The van der Waals surface area contributed by atoms with Crippen LogP contribution in [0.3, 0.4) is 0 Å². The first-order chi connectivity index (χ1) is 17.0. The molecule has 5 aromatic rings. The molecule has 5 nitrogen and oxygen atoms in total. The monoisotopic (exact) mass is 458 g/mol. The molecule has 0 saturated heterocycles. The van der Waals surface area contributed by atoms with Crippen molar-refractivity contribution >= 4 is 34.1 Å². The number of hydrogen-bond donors (Lipinski definition) is 2. The van der Waals surface area contributed by atoms with Crippen LogP contribution in [0.1, 0.15) is 27.0 Å². The summed E-state index contributed by atoms with van der Waals surface area (Å²) in [7, 11) is 0. The highest BCUT2D eigenvalue weighted by molar-refractivity contribution is 6.05. The van der Waals surface area contributed by atoms with E-state index in [-0.39, 0.29) is 5.91 Å². The zero-order valence-electron chi connectivity index (χ0n) is 20.0. The summed E-state index contributed by atoms with van der Waals surface area (Å²) in [6, 6.07) is 29.7. The molecule has 5 rings (SSSR count). The molecule has 2 N–H and O–H groups in total.